The SMILES string of the molecule is CCOC(=O)C1(C(=C(C#N)C#N)c2ccccc2)CC=C(c2ccc(Cl)c(Cl)c2)COC1. The molecule has 0 amide bonds. The van der Waals surface area contributed by atoms with Gasteiger partial charge in [0, 0.05) is 5.57 Å². The van der Waals surface area contributed by atoms with Gasteiger partial charge in [-0.05, 0) is 42.2 Å². The second-order valence-electron chi connectivity index (χ2n) is 7.20. The lowest BCUT2D eigenvalue weighted by Crippen LogP contribution is -2.38. The molecule has 162 valence electrons. The zero-order valence-corrected chi connectivity index (χ0v) is 18.9. The van der Waals surface area contributed by atoms with Crippen molar-refractivity contribution in [2.75, 3.05) is 19.8 Å². The second-order valence-corrected chi connectivity index (χ2v) is 8.01. The molecule has 0 N–H and O–H groups in total. The average molecular weight is 467 g/mol. The van der Waals surface area contributed by atoms with Crippen molar-refractivity contribution in [2.24, 2.45) is 5.41 Å². The van der Waals surface area contributed by atoms with E-state index in [-0.39, 0.29) is 31.8 Å². The van der Waals surface area contributed by atoms with Gasteiger partial charge in [-0.2, -0.15) is 10.5 Å². The number of hydrogen-bond acceptors (Lipinski definition) is 5. The van der Waals surface area contributed by atoms with Gasteiger partial charge in [0.2, 0.25) is 0 Å². The number of benzene rings is 2. The Morgan fingerprint density at radius 1 is 1.12 bits per heavy atom. The van der Waals surface area contributed by atoms with Crippen LogP contribution in [0.25, 0.3) is 11.1 Å². The maximum Gasteiger partial charge on any atom is 0.319 e. The second kappa shape index (κ2) is 10.5. The highest BCUT2D eigenvalue weighted by Gasteiger charge is 2.46. The summed E-state index contributed by atoms with van der Waals surface area (Å²) in [6, 6.07) is 18.1. The van der Waals surface area contributed by atoms with Crippen LogP contribution in [-0.2, 0) is 14.3 Å². The zero-order valence-electron chi connectivity index (χ0n) is 17.4. The van der Waals surface area contributed by atoms with E-state index in [4.69, 9.17) is 32.7 Å². The number of halogens is 2. The van der Waals surface area contributed by atoms with Crippen molar-refractivity contribution in [3.05, 3.63) is 81.4 Å². The fourth-order valence-electron chi connectivity index (χ4n) is 3.74. The molecule has 1 atom stereocenters. The summed E-state index contributed by atoms with van der Waals surface area (Å²) in [7, 11) is 0. The van der Waals surface area contributed by atoms with Gasteiger partial charge in [0.25, 0.3) is 0 Å². The monoisotopic (exact) mass is 466 g/mol. The molecule has 1 unspecified atom stereocenters. The molecule has 2 aromatic rings. The van der Waals surface area contributed by atoms with Gasteiger partial charge < -0.3 is 9.47 Å². The molecule has 5 nitrogen and oxygen atoms in total. The largest absolute Gasteiger partial charge is 0.465 e. The normalized spacial score (nSPS) is 17.8. The highest BCUT2D eigenvalue weighted by molar-refractivity contribution is 6.42. The molecule has 0 saturated heterocycles. The van der Waals surface area contributed by atoms with Gasteiger partial charge in [-0.1, -0.05) is 65.7 Å². The highest BCUT2D eigenvalue weighted by atomic mass is 35.5. The molecule has 0 aliphatic carbocycles. The minimum Gasteiger partial charge on any atom is -0.465 e. The van der Waals surface area contributed by atoms with Crippen molar-refractivity contribution in [1.82, 2.24) is 0 Å². The third-order valence-corrected chi connectivity index (χ3v) is 6.01. The van der Waals surface area contributed by atoms with E-state index < -0.39 is 11.4 Å². The van der Waals surface area contributed by atoms with Gasteiger partial charge in [-0.3, -0.25) is 4.79 Å². The summed E-state index contributed by atoms with van der Waals surface area (Å²) < 4.78 is 11.4. The first-order valence-corrected chi connectivity index (χ1v) is 10.7. The predicted molar refractivity (Wildman–Crippen MR) is 124 cm³/mol. The minimum atomic E-state index is -1.36. The lowest BCUT2D eigenvalue weighted by atomic mass is 9.72. The number of rotatable bonds is 5. The first kappa shape index (κ1) is 23.6. The van der Waals surface area contributed by atoms with Crippen molar-refractivity contribution in [2.45, 2.75) is 13.3 Å². The van der Waals surface area contributed by atoms with E-state index in [1.165, 1.54) is 0 Å². The predicted octanol–water partition coefficient (Wildman–Crippen LogP) is 5.85. The van der Waals surface area contributed by atoms with Gasteiger partial charge in [0.15, 0.2) is 0 Å². The topological polar surface area (TPSA) is 83.1 Å². The van der Waals surface area contributed by atoms with E-state index in [1.54, 1.807) is 43.3 Å². The fraction of sp³-hybridized carbons (Fsp3) is 0.240. The maximum absolute atomic E-state index is 13.3. The third kappa shape index (κ3) is 4.71. The van der Waals surface area contributed by atoms with Gasteiger partial charge >= 0.3 is 5.97 Å². The molecule has 0 fully saturated rings. The average Bonchev–Trinajstić information content (AvgIpc) is 3.04. The van der Waals surface area contributed by atoms with E-state index in [9.17, 15) is 15.3 Å². The van der Waals surface area contributed by atoms with Crippen LogP contribution in [0.4, 0.5) is 0 Å². The third-order valence-electron chi connectivity index (χ3n) is 5.27. The van der Waals surface area contributed by atoms with Gasteiger partial charge in [0.1, 0.15) is 23.1 Å². The molecule has 0 saturated carbocycles. The minimum absolute atomic E-state index is 0.0513. The number of nitriles is 2. The van der Waals surface area contributed by atoms with Crippen molar-refractivity contribution in [1.29, 1.82) is 10.5 Å². The summed E-state index contributed by atoms with van der Waals surface area (Å²) in [6.45, 7) is 2.03. The molecule has 0 spiro atoms. The maximum atomic E-state index is 13.3. The molecule has 0 bridgehead atoms. The van der Waals surface area contributed by atoms with Crippen LogP contribution in [0.2, 0.25) is 10.0 Å². The number of allylic oxidation sites excluding steroid dienone is 2. The number of esters is 1. The summed E-state index contributed by atoms with van der Waals surface area (Å²) >= 11 is 12.2. The van der Waals surface area contributed by atoms with Crippen LogP contribution in [0.15, 0.2) is 60.2 Å². The van der Waals surface area contributed by atoms with Crippen LogP contribution in [0, 0.1) is 28.1 Å². The molecule has 2 aromatic carbocycles. The van der Waals surface area contributed by atoms with Crippen molar-refractivity contribution in [3.63, 3.8) is 0 Å². The fourth-order valence-corrected chi connectivity index (χ4v) is 4.03. The number of hydrogen-bond donors (Lipinski definition) is 0. The lowest BCUT2D eigenvalue weighted by Gasteiger charge is -2.32. The summed E-state index contributed by atoms with van der Waals surface area (Å²) in [6.07, 6.45) is 2.05. The quantitative estimate of drug-likeness (QED) is 0.407. The van der Waals surface area contributed by atoms with Gasteiger partial charge in [-0.15, -0.1) is 0 Å². The van der Waals surface area contributed by atoms with Crippen LogP contribution >= 0.6 is 23.2 Å². The van der Waals surface area contributed by atoms with Crippen molar-refractivity contribution in [3.8, 4) is 12.1 Å². The van der Waals surface area contributed by atoms with Crippen molar-refractivity contribution >= 4 is 40.3 Å². The molecule has 32 heavy (non-hydrogen) atoms. The Labute approximate surface area is 197 Å². The zero-order chi connectivity index (χ0) is 23.1. The first-order valence-electron chi connectivity index (χ1n) is 9.96. The van der Waals surface area contributed by atoms with E-state index in [0.717, 1.165) is 11.1 Å². The highest BCUT2D eigenvalue weighted by Crippen LogP contribution is 2.44. The van der Waals surface area contributed by atoms with E-state index in [2.05, 4.69) is 0 Å². The Morgan fingerprint density at radius 2 is 1.84 bits per heavy atom. The summed E-state index contributed by atoms with van der Waals surface area (Å²) in [5, 5.41) is 20.3. The number of nitrogens with zero attached hydrogens (tertiary/aromatic N) is 2. The van der Waals surface area contributed by atoms with E-state index in [1.807, 2.05) is 30.3 Å². The Kier molecular flexibility index (Phi) is 7.72. The van der Waals surface area contributed by atoms with Gasteiger partial charge in [-0.25, -0.2) is 0 Å². The molecular weight excluding hydrogens is 447 g/mol. The van der Waals surface area contributed by atoms with Crippen LogP contribution in [0.5, 0.6) is 0 Å². The first-order chi connectivity index (χ1) is 15.5. The summed E-state index contributed by atoms with van der Waals surface area (Å²) in [4.78, 5) is 13.3. The molecule has 1 aliphatic rings. The van der Waals surface area contributed by atoms with Crippen LogP contribution in [0.1, 0.15) is 24.5 Å². The summed E-state index contributed by atoms with van der Waals surface area (Å²) in [5.41, 5.74) is 1.000. The molecule has 1 aliphatic heterocycles. The Morgan fingerprint density at radius 3 is 2.47 bits per heavy atom. The van der Waals surface area contributed by atoms with Crippen LogP contribution in [-0.4, -0.2) is 25.8 Å². The Balaban J connectivity index is 2.19. The Hall–Kier alpha value is -3.09. The van der Waals surface area contributed by atoms with Crippen LogP contribution < -0.4 is 0 Å². The molecule has 1 heterocycles. The van der Waals surface area contributed by atoms with E-state index >= 15 is 0 Å². The Bertz CT molecular complexity index is 1140. The smallest absolute Gasteiger partial charge is 0.319 e. The number of carbonyl (C=O) groups excluding carboxylic acids is 1. The molecule has 3 rings (SSSR count). The molecule has 0 aromatic heterocycles. The van der Waals surface area contributed by atoms with Crippen LogP contribution in [0.3, 0.4) is 0 Å². The molecular formula is C25H20Cl2N2O3. The summed E-state index contributed by atoms with van der Waals surface area (Å²) in [5.74, 6) is -0.548. The standard InChI is InChI=1S/C25H20Cl2N2O3/c1-2-32-24(30)25(23(20(13-28)14-29)17-6-4-3-5-7-17)11-10-19(15-31-16-25)18-8-9-21(26)22(27)12-18/h3-10,12H,2,11,15-16H2,1H3. The molecule has 0 radical (unpaired) electrons. The van der Waals surface area contributed by atoms with E-state index in [0.29, 0.717) is 21.2 Å². The number of ether oxygens (including phenoxy) is 2. The molecule has 7 heteroatoms. The number of carbonyl (C=O) groups is 1. The lowest BCUT2D eigenvalue weighted by molar-refractivity contribution is -0.154. The van der Waals surface area contributed by atoms with Crippen molar-refractivity contribution < 1.29 is 14.3 Å². The van der Waals surface area contributed by atoms with Gasteiger partial charge in [0.05, 0.1) is 29.9 Å².